The van der Waals surface area contributed by atoms with Crippen LogP contribution in [0, 0.1) is 0 Å². The Bertz CT molecular complexity index is 877. The Labute approximate surface area is 170 Å². The molecule has 0 radical (unpaired) electrons. The minimum absolute atomic E-state index is 0.203. The summed E-state index contributed by atoms with van der Waals surface area (Å²) >= 11 is 0. The zero-order valence-corrected chi connectivity index (χ0v) is 18.6. The van der Waals surface area contributed by atoms with Gasteiger partial charge in [-0.25, -0.2) is 0 Å². The molecule has 0 aromatic heterocycles. The minimum Gasteiger partial charge on any atom is -0.507 e. The molecule has 2 nitrogen and oxygen atoms in total. The van der Waals surface area contributed by atoms with Crippen LogP contribution in [-0.2, 0) is 10.8 Å². The van der Waals surface area contributed by atoms with E-state index in [1.165, 1.54) is 0 Å². The van der Waals surface area contributed by atoms with Crippen LogP contribution in [0.3, 0.4) is 0 Å². The number of phenols is 2. The van der Waals surface area contributed by atoms with E-state index in [-0.39, 0.29) is 16.6 Å². The molecule has 0 bridgehead atoms. The fraction of sp³-hybridized carbons (Fsp3) is 0.385. The van der Waals surface area contributed by atoms with Crippen molar-refractivity contribution in [2.24, 2.45) is 0 Å². The van der Waals surface area contributed by atoms with E-state index in [1.807, 2.05) is 26.0 Å². The van der Waals surface area contributed by atoms with Gasteiger partial charge in [0.1, 0.15) is 11.5 Å². The van der Waals surface area contributed by atoms with E-state index in [1.54, 1.807) is 0 Å². The molecule has 0 heterocycles. The van der Waals surface area contributed by atoms with Crippen molar-refractivity contribution in [3.8, 4) is 22.6 Å². The summed E-state index contributed by atoms with van der Waals surface area (Å²) in [5, 5.41) is 21.6. The summed E-state index contributed by atoms with van der Waals surface area (Å²) in [5.41, 5.74) is 6.45. The fourth-order valence-electron chi connectivity index (χ4n) is 3.40. The standard InChI is InChI=1S/C26H34O2/c1-15(2)19-11-17(12-20(16(3)4)23(19)27)18-13-21(25(5,6)7)24(28)22(14-18)26(8,9)10/h11-14,27-28H,1,3H2,2,4-10H3. The third-order valence-electron chi connectivity index (χ3n) is 5.09. The monoisotopic (exact) mass is 378 g/mol. The Morgan fingerprint density at radius 1 is 0.643 bits per heavy atom. The first-order valence-electron chi connectivity index (χ1n) is 9.71. The summed E-state index contributed by atoms with van der Waals surface area (Å²) in [5.74, 6) is 0.581. The topological polar surface area (TPSA) is 40.5 Å². The largest absolute Gasteiger partial charge is 0.507 e. The second kappa shape index (κ2) is 7.16. The Hall–Kier alpha value is -2.48. The minimum atomic E-state index is -0.203. The summed E-state index contributed by atoms with van der Waals surface area (Å²) < 4.78 is 0. The molecular formula is C26H34O2. The Morgan fingerprint density at radius 2 is 0.964 bits per heavy atom. The predicted molar refractivity (Wildman–Crippen MR) is 122 cm³/mol. The number of rotatable bonds is 3. The lowest BCUT2D eigenvalue weighted by molar-refractivity contribution is 0.423. The smallest absolute Gasteiger partial charge is 0.130 e. The molecule has 2 rings (SSSR count). The first-order chi connectivity index (χ1) is 12.6. The van der Waals surface area contributed by atoms with E-state index in [9.17, 15) is 10.2 Å². The van der Waals surface area contributed by atoms with Crippen LogP contribution in [0.15, 0.2) is 37.4 Å². The molecule has 0 amide bonds. The molecule has 0 fully saturated rings. The van der Waals surface area contributed by atoms with E-state index in [2.05, 4.69) is 66.8 Å². The average molecular weight is 379 g/mol. The molecule has 0 atom stereocenters. The molecule has 2 aromatic carbocycles. The van der Waals surface area contributed by atoms with Crippen molar-refractivity contribution < 1.29 is 10.2 Å². The number of hydrogen-bond acceptors (Lipinski definition) is 2. The maximum atomic E-state index is 11.0. The van der Waals surface area contributed by atoms with Crippen molar-refractivity contribution in [2.45, 2.75) is 66.2 Å². The van der Waals surface area contributed by atoms with Gasteiger partial charge in [-0.15, -0.1) is 0 Å². The van der Waals surface area contributed by atoms with E-state index < -0.39 is 0 Å². The number of phenolic OH excluding ortho intramolecular Hbond substituents is 2. The van der Waals surface area contributed by atoms with Gasteiger partial charge in [0.25, 0.3) is 0 Å². The summed E-state index contributed by atoms with van der Waals surface area (Å²) in [4.78, 5) is 0. The van der Waals surface area contributed by atoms with Gasteiger partial charge in [-0.2, -0.15) is 0 Å². The predicted octanol–water partition coefficient (Wildman–Crippen LogP) is 7.43. The summed E-state index contributed by atoms with van der Waals surface area (Å²) in [6.07, 6.45) is 0. The van der Waals surface area contributed by atoms with Gasteiger partial charge >= 0.3 is 0 Å². The second-order valence-electron chi connectivity index (χ2n) is 9.90. The number of aromatic hydroxyl groups is 2. The molecule has 0 spiro atoms. The molecular weight excluding hydrogens is 344 g/mol. The Balaban J connectivity index is 2.92. The van der Waals surface area contributed by atoms with Gasteiger partial charge in [0.15, 0.2) is 0 Å². The lowest BCUT2D eigenvalue weighted by atomic mass is 9.77. The van der Waals surface area contributed by atoms with Crippen molar-refractivity contribution in [1.82, 2.24) is 0 Å². The number of allylic oxidation sites excluding steroid dienone is 2. The van der Waals surface area contributed by atoms with Gasteiger partial charge in [-0.1, -0.05) is 54.7 Å². The van der Waals surface area contributed by atoms with Crippen molar-refractivity contribution in [3.63, 3.8) is 0 Å². The van der Waals surface area contributed by atoms with Crippen LogP contribution >= 0.6 is 0 Å². The fourth-order valence-corrected chi connectivity index (χ4v) is 3.40. The lowest BCUT2D eigenvalue weighted by Gasteiger charge is -2.28. The van der Waals surface area contributed by atoms with Gasteiger partial charge < -0.3 is 10.2 Å². The Kier molecular flexibility index (Phi) is 5.58. The normalized spacial score (nSPS) is 12.1. The third kappa shape index (κ3) is 4.16. The molecule has 0 aliphatic carbocycles. The first-order valence-corrected chi connectivity index (χ1v) is 9.71. The average Bonchev–Trinajstić information content (AvgIpc) is 2.52. The SMILES string of the molecule is C=C(C)c1cc(-c2cc(C(C)(C)C)c(O)c(C(C)(C)C)c2)cc(C(=C)C)c1O. The molecule has 2 N–H and O–H groups in total. The molecule has 150 valence electrons. The lowest BCUT2D eigenvalue weighted by Crippen LogP contribution is -2.17. The highest BCUT2D eigenvalue weighted by Crippen LogP contribution is 2.43. The molecule has 2 heteroatoms. The van der Waals surface area contributed by atoms with Gasteiger partial charge in [0.2, 0.25) is 0 Å². The highest BCUT2D eigenvalue weighted by Gasteiger charge is 2.27. The van der Waals surface area contributed by atoms with E-state index in [0.717, 1.165) is 44.5 Å². The van der Waals surface area contributed by atoms with Crippen molar-refractivity contribution >= 4 is 11.1 Å². The third-order valence-corrected chi connectivity index (χ3v) is 5.09. The quantitative estimate of drug-likeness (QED) is 0.583. The van der Waals surface area contributed by atoms with Crippen LogP contribution < -0.4 is 0 Å². The van der Waals surface area contributed by atoms with Crippen LogP contribution in [0.1, 0.15) is 77.6 Å². The molecule has 0 unspecified atom stereocenters. The van der Waals surface area contributed by atoms with E-state index >= 15 is 0 Å². The maximum absolute atomic E-state index is 11.0. The maximum Gasteiger partial charge on any atom is 0.130 e. The van der Waals surface area contributed by atoms with Crippen LogP contribution in [0.2, 0.25) is 0 Å². The first kappa shape index (κ1) is 21.8. The van der Waals surface area contributed by atoms with Crippen molar-refractivity contribution in [3.05, 3.63) is 59.7 Å². The van der Waals surface area contributed by atoms with Crippen molar-refractivity contribution in [1.29, 1.82) is 0 Å². The highest BCUT2D eigenvalue weighted by atomic mass is 16.3. The number of hydrogen-bond donors (Lipinski definition) is 2. The summed E-state index contributed by atoms with van der Waals surface area (Å²) in [6, 6.07) is 8.05. The molecule has 0 saturated carbocycles. The highest BCUT2D eigenvalue weighted by molar-refractivity contribution is 5.83. The van der Waals surface area contributed by atoms with E-state index in [0.29, 0.717) is 5.75 Å². The van der Waals surface area contributed by atoms with Crippen LogP contribution in [0.25, 0.3) is 22.3 Å². The Morgan fingerprint density at radius 3 is 1.25 bits per heavy atom. The molecule has 0 aliphatic rings. The number of benzene rings is 2. The summed E-state index contributed by atoms with van der Waals surface area (Å²) in [7, 11) is 0. The van der Waals surface area contributed by atoms with Crippen LogP contribution in [0.4, 0.5) is 0 Å². The van der Waals surface area contributed by atoms with Gasteiger partial charge in [0.05, 0.1) is 0 Å². The zero-order chi connectivity index (χ0) is 21.6. The van der Waals surface area contributed by atoms with E-state index in [4.69, 9.17) is 0 Å². The van der Waals surface area contributed by atoms with Crippen LogP contribution in [0.5, 0.6) is 11.5 Å². The second-order valence-corrected chi connectivity index (χ2v) is 9.90. The zero-order valence-electron chi connectivity index (χ0n) is 18.6. The summed E-state index contributed by atoms with van der Waals surface area (Å²) in [6.45, 7) is 24.4. The van der Waals surface area contributed by atoms with Gasteiger partial charge in [0, 0.05) is 22.3 Å². The molecule has 0 aliphatic heterocycles. The molecule has 28 heavy (non-hydrogen) atoms. The molecule has 2 aromatic rings. The molecule has 0 saturated heterocycles. The van der Waals surface area contributed by atoms with Gasteiger partial charge in [-0.05, 0) is 71.2 Å². The van der Waals surface area contributed by atoms with Crippen LogP contribution in [-0.4, -0.2) is 10.2 Å². The van der Waals surface area contributed by atoms with Crippen molar-refractivity contribution in [2.75, 3.05) is 0 Å². The van der Waals surface area contributed by atoms with Gasteiger partial charge in [-0.3, -0.25) is 0 Å².